The van der Waals surface area contributed by atoms with Crippen LogP contribution in [0.15, 0.2) is 41.6 Å². The molecule has 0 fully saturated rings. The number of nitro groups is 1. The molecule has 0 bridgehead atoms. The first-order valence-electron chi connectivity index (χ1n) is 5.66. The number of hydrogen-bond acceptors (Lipinski definition) is 6. The van der Waals surface area contributed by atoms with Gasteiger partial charge in [0.25, 0.3) is 0 Å². The highest BCUT2D eigenvalue weighted by Crippen LogP contribution is 2.24. The summed E-state index contributed by atoms with van der Waals surface area (Å²) in [7, 11) is -3.80. The van der Waals surface area contributed by atoms with Crippen LogP contribution in [-0.4, -0.2) is 18.3 Å². The van der Waals surface area contributed by atoms with Crippen molar-refractivity contribution < 1.29 is 17.7 Å². The van der Waals surface area contributed by atoms with Crippen molar-refractivity contribution in [1.29, 1.82) is 0 Å². The number of nitrogens with two attached hydrogens (primary N) is 1. The third-order valence-corrected chi connectivity index (χ3v) is 4.47. The topological polar surface area (TPSA) is 116 Å². The van der Waals surface area contributed by atoms with Crippen molar-refractivity contribution in [3.8, 4) is 0 Å². The summed E-state index contributed by atoms with van der Waals surface area (Å²) in [5, 5.41) is 10.5. The van der Waals surface area contributed by atoms with Crippen molar-refractivity contribution >= 4 is 21.2 Å². The standard InChI is InChI=1S/C12H10FN3O4S/c13-9-5-8(1-2-11(9)16(17)18)7-21(19,20)12-3-4-15-6-10(12)14/h1-6H,7,14H2. The molecule has 0 aliphatic carbocycles. The zero-order chi connectivity index (χ0) is 15.6. The lowest BCUT2D eigenvalue weighted by atomic mass is 10.2. The molecule has 2 aromatic rings. The molecule has 7 nitrogen and oxygen atoms in total. The third kappa shape index (κ3) is 3.14. The molecule has 21 heavy (non-hydrogen) atoms. The second kappa shape index (κ2) is 5.44. The van der Waals surface area contributed by atoms with Crippen molar-refractivity contribution in [2.24, 2.45) is 0 Å². The Labute approximate surface area is 119 Å². The van der Waals surface area contributed by atoms with E-state index in [-0.39, 0.29) is 16.1 Å². The predicted molar refractivity (Wildman–Crippen MR) is 72.6 cm³/mol. The van der Waals surface area contributed by atoms with Gasteiger partial charge in [-0.25, -0.2) is 8.42 Å². The molecule has 0 atom stereocenters. The van der Waals surface area contributed by atoms with E-state index in [4.69, 9.17) is 5.73 Å². The summed E-state index contributed by atoms with van der Waals surface area (Å²) in [5.74, 6) is -1.61. The molecule has 0 aliphatic rings. The maximum absolute atomic E-state index is 13.5. The van der Waals surface area contributed by atoms with Gasteiger partial charge >= 0.3 is 5.69 Å². The maximum Gasteiger partial charge on any atom is 0.304 e. The van der Waals surface area contributed by atoms with Gasteiger partial charge in [-0.15, -0.1) is 0 Å². The number of nitrogens with zero attached hydrogens (tertiary/aromatic N) is 2. The number of aromatic nitrogens is 1. The largest absolute Gasteiger partial charge is 0.396 e. The normalized spacial score (nSPS) is 11.3. The van der Waals surface area contributed by atoms with Crippen LogP contribution >= 0.6 is 0 Å². The highest BCUT2D eigenvalue weighted by atomic mass is 32.2. The van der Waals surface area contributed by atoms with Crippen LogP contribution in [0.3, 0.4) is 0 Å². The van der Waals surface area contributed by atoms with E-state index >= 15 is 0 Å². The van der Waals surface area contributed by atoms with Gasteiger partial charge in [0.15, 0.2) is 9.84 Å². The summed E-state index contributed by atoms with van der Waals surface area (Å²) in [6, 6.07) is 4.19. The quantitative estimate of drug-likeness (QED) is 0.678. The van der Waals surface area contributed by atoms with E-state index in [2.05, 4.69) is 4.98 Å². The molecule has 0 spiro atoms. The van der Waals surface area contributed by atoms with Crippen LogP contribution in [-0.2, 0) is 15.6 Å². The van der Waals surface area contributed by atoms with Crippen molar-refractivity contribution in [3.63, 3.8) is 0 Å². The first-order valence-corrected chi connectivity index (χ1v) is 7.31. The molecule has 0 aliphatic heterocycles. The van der Waals surface area contributed by atoms with E-state index in [1.807, 2.05) is 0 Å². The van der Waals surface area contributed by atoms with Gasteiger partial charge in [0.1, 0.15) is 0 Å². The molecule has 2 rings (SSSR count). The summed E-state index contributed by atoms with van der Waals surface area (Å²) in [5.41, 5.74) is 4.92. The van der Waals surface area contributed by atoms with Gasteiger partial charge in [-0.2, -0.15) is 4.39 Å². The first kappa shape index (κ1) is 14.9. The minimum absolute atomic E-state index is 0.0140. The van der Waals surface area contributed by atoms with Crippen molar-refractivity contribution in [2.75, 3.05) is 5.73 Å². The maximum atomic E-state index is 13.5. The number of pyridine rings is 1. The number of nitro benzene ring substituents is 1. The Morgan fingerprint density at radius 2 is 2.05 bits per heavy atom. The van der Waals surface area contributed by atoms with Crippen molar-refractivity contribution in [2.45, 2.75) is 10.6 Å². The number of nitrogen functional groups attached to an aromatic ring is 1. The van der Waals surface area contributed by atoms with Crippen LogP contribution in [0.1, 0.15) is 5.56 Å². The molecule has 0 radical (unpaired) electrons. The molecule has 2 N–H and O–H groups in total. The Morgan fingerprint density at radius 3 is 2.62 bits per heavy atom. The molecule has 1 aromatic carbocycles. The summed E-state index contributed by atoms with van der Waals surface area (Å²) in [6.07, 6.45) is 2.48. The van der Waals surface area contributed by atoms with E-state index in [9.17, 15) is 22.9 Å². The number of hydrogen-bond donors (Lipinski definition) is 1. The van der Waals surface area contributed by atoms with Gasteiger partial charge in [-0.05, 0) is 17.7 Å². The van der Waals surface area contributed by atoms with Gasteiger partial charge < -0.3 is 5.73 Å². The average Bonchev–Trinajstić information content (AvgIpc) is 2.38. The second-order valence-corrected chi connectivity index (χ2v) is 6.17. The molecular formula is C12H10FN3O4S. The van der Waals surface area contributed by atoms with Crippen molar-refractivity contribution in [1.82, 2.24) is 4.98 Å². The lowest BCUT2D eigenvalue weighted by Gasteiger charge is -2.07. The molecule has 0 saturated carbocycles. The first-order chi connectivity index (χ1) is 9.81. The van der Waals surface area contributed by atoms with Gasteiger partial charge in [0, 0.05) is 12.3 Å². The second-order valence-electron chi connectivity index (χ2n) is 4.22. The van der Waals surface area contributed by atoms with Crippen LogP contribution in [0.2, 0.25) is 0 Å². The zero-order valence-corrected chi connectivity index (χ0v) is 11.4. The Morgan fingerprint density at radius 1 is 1.33 bits per heavy atom. The van der Waals surface area contributed by atoms with Gasteiger partial charge in [-0.3, -0.25) is 15.1 Å². The van der Waals surface area contributed by atoms with E-state index in [0.29, 0.717) is 0 Å². The SMILES string of the molecule is Nc1cnccc1S(=O)(=O)Cc1ccc([N+](=O)[O-])c(F)c1. The van der Waals surface area contributed by atoms with Crippen LogP contribution in [0, 0.1) is 15.9 Å². The van der Waals surface area contributed by atoms with Crippen LogP contribution in [0.25, 0.3) is 0 Å². The van der Waals surface area contributed by atoms with Crippen LogP contribution < -0.4 is 5.73 Å². The monoisotopic (exact) mass is 311 g/mol. The van der Waals surface area contributed by atoms with E-state index in [1.54, 1.807) is 0 Å². The highest BCUT2D eigenvalue weighted by molar-refractivity contribution is 7.90. The summed E-state index contributed by atoms with van der Waals surface area (Å²) >= 11 is 0. The fourth-order valence-corrected chi connectivity index (χ4v) is 3.22. The van der Waals surface area contributed by atoms with Gasteiger partial charge in [0.05, 0.1) is 27.5 Å². The lowest BCUT2D eigenvalue weighted by molar-refractivity contribution is -0.387. The minimum Gasteiger partial charge on any atom is -0.396 e. The smallest absolute Gasteiger partial charge is 0.304 e. The van der Waals surface area contributed by atoms with Gasteiger partial charge in [-0.1, -0.05) is 6.07 Å². The van der Waals surface area contributed by atoms with E-state index in [0.717, 1.165) is 12.1 Å². The molecule has 0 amide bonds. The number of rotatable bonds is 4. The van der Waals surface area contributed by atoms with E-state index < -0.39 is 32.0 Å². The Kier molecular flexibility index (Phi) is 3.85. The zero-order valence-electron chi connectivity index (χ0n) is 10.6. The lowest BCUT2D eigenvalue weighted by Crippen LogP contribution is -2.08. The molecule has 0 saturated heterocycles. The summed E-state index contributed by atoms with van der Waals surface area (Å²) < 4.78 is 37.9. The Bertz CT molecular complexity index is 808. The van der Waals surface area contributed by atoms with E-state index in [1.165, 1.54) is 24.5 Å². The highest BCUT2D eigenvalue weighted by Gasteiger charge is 2.21. The molecule has 9 heteroatoms. The summed E-state index contributed by atoms with van der Waals surface area (Å²) in [6.45, 7) is 0. The molecule has 1 aromatic heterocycles. The van der Waals surface area contributed by atoms with Crippen molar-refractivity contribution in [3.05, 3.63) is 58.2 Å². The number of benzene rings is 1. The molecule has 110 valence electrons. The average molecular weight is 311 g/mol. The molecule has 1 heterocycles. The molecule has 0 unspecified atom stereocenters. The fraction of sp³-hybridized carbons (Fsp3) is 0.0833. The van der Waals surface area contributed by atoms with Crippen LogP contribution in [0.5, 0.6) is 0 Å². The minimum atomic E-state index is -3.80. The van der Waals surface area contributed by atoms with Gasteiger partial charge in [0.2, 0.25) is 5.82 Å². The van der Waals surface area contributed by atoms with Crippen LogP contribution in [0.4, 0.5) is 15.8 Å². The number of halogens is 1. The number of sulfone groups is 1. The molecular weight excluding hydrogens is 301 g/mol. The fourth-order valence-electron chi connectivity index (χ4n) is 1.76. The number of anilines is 1. The third-order valence-electron chi connectivity index (χ3n) is 2.71. The summed E-state index contributed by atoms with van der Waals surface area (Å²) in [4.78, 5) is 13.2. The Balaban J connectivity index is 2.36. The predicted octanol–water partition coefficient (Wildman–Crippen LogP) is 1.69. The Hall–Kier alpha value is -2.55.